The molecule has 1 aromatic heterocycles. The molecule has 1 heterocycles. The van der Waals surface area contributed by atoms with Crippen molar-refractivity contribution >= 4 is 10.9 Å². The van der Waals surface area contributed by atoms with Crippen molar-refractivity contribution in [1.82, 2.24) is 4.57 Å². The quantitative estimate of drug-likeness (QED) is 0.778. The monoisotopic (exact) mass is 272 g/mol. The lowest BCUT2D eigenvalue weighted by atomic mass is 10.1. The van der Waals surface area contributed by atoms with E-state index in [0.29, 0.717) is 12.1 Å². The molecule has 4 heteroatoms. The van der Waals surface area contributed by atoms with Crippen molar-refractivity contribution in [3.8, 4) is 0 Å². The van der Waals surface area contributed by atoms with Crippen molar-refractivity contribution in [3.05, 3.63) is 71.4 Å². The Hall–Kier alpha value is -2.20. The Morgan fingerprint density at radius 3 is 2.65 bits per heavy atom. The number of para-hydroxylation sites is 1. The number of hydrogen-bond acceptors (Lipinski definition) is 1. The minimum absolute atomic E-state index is 0.282. The Kier molecular flexibility index (Phi) is 3.24. The maximum absolute atomic E-state index is 13.7. The molecule has 0 fully saturated rings. The Bertz CT molecular complexity index is 762. The van der Waals surface area contributed by atoms with E-state index in [4.69, 9.17) is 5.73 Å². The van der Waals surface area contributed by atoms with E-state index in [2.05, 4.69) is 0 Å². The number of benzene rings is 2. The second kappa shape index (κ2) is 5.06. The summed E-state index contributed by atoms with van der Waals surface area (Å²) in [6.45, 7) is 0.692. The summed E-state index contributed by atoms with van der Waals surface area (Å²) in [5.74, 6) is -0.838. The number of fused-ring (bicyclic) bond motifs is 1. The van der Waals surface area contributed by atoms with Crippen molar-refractivity contribution in [2.24, 2.45) is 5.73 Å². The topological polar surface area (TPSA) is 30.9 Å². The van der Waals surface area contributed by atoms with Gasteiger partial charge in [0.25, 0.3) is 0 Å². The zero-order chi connectivity index (χ0) is 14.1. The van der Waals surface area contributed by atoms with Crippen LogP contribution < -0.4 is 5.73 Å². The highest BCUT2D eigenvalue weighted by atomic mass is 19.1. The number of halogens is 2. The van der Waals surface area contributed by atoms with Gasteiger partial charge in [-0.05, 0) is 35.2 Å². The summed E-state index contributed by atoms with van der Waals surface area (Å²) in [7, 11) is 0. The number of rotatable bonds is 3. The largest absolute Gasteiger partial charge is 0.343 e. The molecule has 0 amide bonds. The SMILES string of the molecule is NCc1cccc2ccn(Cc3cc(F)ccc3F)c12. The molecule has 0 radical (unpaired) electrons. The molecule has 3 aromatic rings. The highest BCUT2D eigenvalue weighted by Crippen LogP contribution is 2.22. The molecule has 0 saturated carbocycles. The summed E-state index contributed by atoms with van der Waals surface area (Å²) in [5, 5.41) is 1.05. The minimum atomic E-state index is -0.433. The van der Waals surface area contributed by atoms with Crippen LogP contribution in [0.1, 0.15) is 11.1 Å². The molecule has 2 nitrogen and oxygen atoms in total. The average molecular weight is 272 g/mol. The Morgan fingerprint density at radius 1 is 1.00 bits per heavy atom. The summed E-state index contributed by atoms with van der Waals surface area (Å²) in [4.78, 5) is 0. The predicted molar refractivity (Wildman–Crippen MR) is 75.3 cm³/mol. The fraction of sp³-hybridized carbons (Fsp3) is 0.125. The molecule has 0 atom stereocenters. The molecule has 0 saturated heterocycles. The molecule has 3 rings (SSSR count). The Morgan fingerprint density at radius 2 is 1.85 bits per heavy atom. The Balaban J connectivity index is 2.09. The molecule has 102 valence electrons. The molecule has 0 aliphatic rings. The fourth-order valence-corrected chi connectivity index (χ4v) is 2.49. The van der Waals surface area contributed by atoms with Gasteiger partial charge in [0, 0.05) is 18.3 Å². The molecule has 0 bridgehead atoms. The van der Waals surface area contributed by atoms with Gasteiger partial charge in [0.2, 0.25) is 0 Å². The fourth-order valence-electron chi connectivity index (χ4n) is 2.49. The van der Waals surface area contributed by atoms with Crippen LogP contribution in [-0.4, -0.2) is 4.57 Å². The van der Waals surface area contributed by atoms with Crippen LogP contribution in [0.4, 0.5) is 8.78 Å². The molecular formula is C16H14F2N2. The van der Waals surface area contributed by atoms with Gasteiger partial charge >= 0.3 is 0 Å². The van der Waals surface area contributed by atoms with Crippen LogP contribution >= 0.6 is 0 Å². The first kappa shape index (κ1) is 12.8. The van der Waals surface area contributed by atoms with E-state index in [-0.39, 0.29) is 6.54 Å². The zero-order valence-electron chi connectivity index (χ0n) is 10.8. The third-order valence-corrected chi connectivity index (χ3v) is 3.44. The maximum atomic E-state index is 13.7. The van der Waals surface area contributed by atoms with Gasteiger partial charge in [-0.3, -0.25) is 0 Å². The molecule has 20 heavy (non-hydrogen) atoms. The van der Waals surface area contributed by atoms with Gasteiger partial charge in [0.15, 0.2) is 0 Å². The van der Waals surface area contributed by atoms with Crippen LogP contribution in [0.3, 0.4) is 0 Å². The van der Waals surface area contributed by atoms with Crippen LogP contribution in [0.25, 0.3) is 10.9 Å². The zero-order valence-corrected chi connectivity index (χ0v) is 10.8. The van der Waals surface area contributed by atoms with E-state index in [1.54, 1.807) is 0 Å². The molecule has 0 unspecified atom stereocenters. The van der Waals surface area contributed by atoms with Crippen LogP contribution in [0.15, 0.2) is 48.7 Å². The smallest absolute Gasteiger partial charge is 0.128 e. The predicted octanol–water partition coefficient (Wildman–Crippen LogP) is 3.43. The molecule has 2 N–H and O–H groups in total. The van der Waals surface area contributed by atoms with Gasteiger partial charge in [-0.1, -0.05) is 18.2 Å². The van der Waals surface area contributed by atoms with Gasteiger partial charge in [0.05, 0.1) is 12.1 Å². The highest BCUT2D eigenvalue weighted by molar-refractivity contribution is 5.83. The summed E-state index contributed by atoms with van der Waals surface area (Å²) < 4.78 is 28.9. The van der Waals surface area contributed by atoms with Crippen molar-refractivity contribution in [2.45, 2.75) is 13.1 Å². The third kappa shape index (κ3) is 2.18. The van der Waals surface area contributed by atoms with E-state index in [1.807, 2.05) is 35.0 Å². The molecule has 0 spiro atoms. The first-order chi connectivity index (χ1) is 9.69. The van der Waals surface area contributed by atoms with E-state index >= 15 is 0 Å². The normalized spacial score (nSPS) is 11.2. The van der Waals surface area contributed by atoms with E-state index < -0.39 is 11.6 Å². The van der Waals surface area contributed by atoms with Gasteiger partial charge in [0.1, 0.15) is 11.6 Å². The van der Waals surface area contributed by atoms with Crippen molar-refractivity contribution in [3.63, 3.8) is 0 Å². The second-order valence-corrected chi connectivity index (χ2v) is 4.74. The lowest BCUT2D eigenvalue weighted by Crippen LogP contribution is -2.05. The first-order valence-corrected chi connectivity index (χ1v) is 6.40. The molecule has 0 aliphatic carbocycles. The standard InChI is InChI=1S/C16H14F2N2/c17-14-4-5-15(18)13(8-14)10-20-7-6-11-2-1-3-12(9-19)16(11)20/h1-8H,9-10,19H2. The highest BCUT2D eigenvalue weighted by Gasteiger charge is 2.09. The number of nitrogens with zero attached hydrogens (tertiary/aromatic N) is 1. The molecule has 0 aliphatic heterocycles. The van der Waals surface area contributed by atoms with Crippen LogP contribution in [0.2, 0.25) is 0 Å². The number of nitrogens with two attached hydrogens (primary N) is 1. The molecular weight excluding hydrogens is 258 g/mol. The van der Waals surface area contributed by atoms with Gasteiger partial charge in [-0.25, -0.2) is 8.78 Å². The van der Waals surface area contributed by atoms with E-state index in [9.17, 15) is 8.78 Å². The van der Waals surface area contributed by atoms with E-state index in [1.165, 1.54) is 6.07 Å². The van der Waals surface area contributed by atoms with E-state index in [0.717, 1.165) is 28.6 Å². The lowest BCUT2D eigenvalue weighted by molar-refractivity contribution is 0.579. The van der Waals surface area contributed by atoms with Gasteiger partial charge in [-0.15, -0.1) is 0 Å². The van der Waals surface area contributed by atoms with Gasteiger partial charge in [-0.2, -0.15) is 0 Å². The Labute approximate surface area is 115 Å². The first-order valence-electron chi connectivity index (χ1n) is 6.40. The van der Waals surface area contributed by atoms with Gasteiger partial charge < -0.3 is 10.3 Å². The summed E-state index contributed by atoms with van der Waals surface area (Å²) in [6.07, 6.45) is 1.87. The second-order valence-electron chi connectivity index (χ2n) is 4.74. The maximum Gasteiger partial charge on any atom is 0.128 e. The number of aromatic nitrogens is 1. The van der Waals surface area contributed by atoms with Crippen molar-refractivity contribution in [2.75, 3.05) is 0 Å². The summed E-state index contributed by atoms with van der Waals surface area (Å²) in [6, 6.07) is 11.3. The van der Waals surface area contributed by atoms with Crippen molar-refractivity contribution in [1.29, 1.82) is 0 Å². The number of hydrogen-bond donors (Lipinski definition) is 1. The van der Waals surface area contributed by atoms with Crippen LogP contribution in [0, 0.1) is 11.6 Å². The third-order valence-electron chi connectivity index (χ3n) is 3.44. The van der Waals surface area contributed by atoms with Crippen LogP contribution in [-0.2, 0) is 13.1 Å². The lowest BCUT2D eigenvalue weighted by Gasteiger charge is -2.10. The summed E-state index contributed by atoms with van der Waals surface area (Å²) in [5.41, 5.74) is 8.03. The summed E-state index contributed by atoms with van der Waals surface area (Å²) >= 11 is 0. The van der Waals surface area contributed by atoms with Crippen molar-refractivity contribution < 1.29 is 8.78 Å². The van der Waals surface area contributed by atoms with Crippen LogP contribution in [0.5, 0.6) is 0 Å². The average Bonchev–Trinajstić information content (AvgIpc) is 2.86. The molecule has 2 aromatic carbocycles. The minimum Gasteiger partial charge on any atom is -0.343 e.